The Morgan fingerprint density at radius 2 is 1.67 bits per heavy atom. The van der Waals surface area contributed by atoms with E-state index < -0.39 is 6.04 Å². The lowest BCUT2D eigenvalue weighted by molar-refractivity contribution is -0.113. The van der Waals surface area contributed by atoms with Crippen LogP contribution in [0.4, 0.5) is 5.82 Å². The molecule has 1 aliphatic heterocycles. The van der Waals surface area contributed by atoms with Gasteiger partial charge >= 0.3 is 0 Å². The van der Waals surface area contributed by atoms with Gasteiger partial charge in [0.05, 0.1) is 17.3 Å². The molecule has 3 aromatic carbocycles. The highest BCUT2D eigenvalue weighted by molar-refractivity contribution is 7.80. The molecule has 0 radical (unpaired) electrons. The van der Waals surface area contributed by atoms with E-state index in [0.29, 0.717) is 34.6 Å². The highest BCUT2D eigenvalue weighted by Gasteiger charge is 2.32. The summed E-state index contributed by atoms with van der Waals surface area (Å²) in [4.78, 5) is 17.9. The van der Waals surface area contributed by atoms with Crippen molar-refractivity contribution in [3.8, 4) is 5.75 Å². The van der Waals surface area contributed by atoms with Crippen LogP contribution in [0, 0.1) is 0 Å². The predicted octanol–water partition coefficient (Wildman–Crippen LogP) is 5.23. The van der Waals surface area contributed by atoms with Crippen LogP contribution in [0.2, 0.25) is 0 Å². The van der Waals surface area contributed by atoms with E-state index in [2.05, 4.69) is 20.9 Å². The van der Waals surface area contributed by atoms with Crippen molar-refractivity contribution in [1.29, 1.82) is 0 Å². The van der Waals surface area contributed by atoms with Crippen LogP contribution < -0.4 is 20.7 Å². The Kier molecular flexibility index (Phi) is 7.00. The highest BCUT2D eigenvalue weighted by atomic mass is 32.1. The Morgan fingerprint density at radius 1 is 0.917 bits per heavy atom. The molecule has 0 fully saturated rings. The van der Waals surface area contributed by atoms with Crippen molar-refractivity contribution in [2.75, 3.05) is 5.32 Å². The van der Waals surface area contributed by atoms with Gasteiger partial charge in [0.1, 0.15) is 18.2 Å². The minimum Gasteiger partial charge on any atom is -0.489 e. The molecule has 0 aliphatic carbocycles. The molecule has 1 atom stereocenters. The number of nitrogens with one attached hydrogen (secondary N) is 3. The van der Waals surface area contributed by atoms with Crippen molar-refractivity contribution in [3.05, 3.63) is 132 Å². The smallest absolute Gasteiger partial charge is 0.257 e. The zero-order valence-electron chi connectivity index (χ0n) is 19.3. The minimum atomic E-state index is -0.502. The van der Waals surface area contributed by atoms with Gasteiger partial charge in [-0.25, -0.2) is 4.98 Å². The van der Waals surface area contributed by atoms with Gasteiger partial charge in [-0.05, 0) is 53.2 Å². The number of hydrogen-bond donors (Lipinski definition) is 3. The fraction of sp³-hybridized carbons (Fsp3) is 0.0690. The van der Waals surface area contributed by atoms with E-state index in [0.717, 1.165) is 16.7 Å². The van der Waals surface area contributed by atoms with Gasteiger partial charge < -0.3 is 20.7 Å². The van der Waals surface area contributed by atoms with Crippen LogP contribution in [0.1, 0.15) is 22.7 Å². The zero-order valence-corrected chi connectivity index (χ0v) is 20.2. The number of thiocarbonyl (C=S) groups is 1. The van der Waals surface area contributed by atoms with Crippen LogP contribution in [0.15, 0.2) is 115 Å². The average molecular weight is 493 g/mol. The molecule has 0 saturated heterocycles. The number of ether oxygens (including phenoxy) is 1. The van der Waals surface area contributed by atoms with E-state index in [-0.39, 0.29) is 5.91 Å². The monoisotopic (exact) mass is 492 g/mol. The van der Waals surface area contributed by atoms with Crippen LogP contribution in [0.25, 0.3) is 5.70 Å². The first-order valence-corrected chi connectivity index (χ1v) is 11.9. The Hall–Kier alpha value is -4.49. The topological polar surface area (TPSA) is 75.3 Å². The largest absolute Gasteiger partial charge is 0.489 e. The molecule has 36 heavy (non-hydrogen) atoms. The third kappa shape index (κ3) is 5.42. The molecule has 3 N–H and O–H groups in total. The lowest BCUT2D eigenvalue weighted by Gasteiger charge is -2.32. The van der Waals surface area contributed by atoms with Gasteiger partial charge in [-0.15, -0.1) is 0 Å². The fourth-order valence-corrected chi connectivity index (χ4v) is 4.26. The molecule has 0 spiro atoms. The van der Waals surface area contributed by atoms with Gasteiger partial charge in [-0.2, -0.15) is 0 Å². The summed E-state index contributed by atoms with van der Waals surface area (Å²) in [5.41, 5.74) is 3.93. The molecule has 2 heterocycles. The summed E-state index contributed by atoms with van der Waals surface area (Å²) in [6.07, 6.45) is 1.64. The van der Waals surface area contributed by atoms with Crippen LogP contribution in [-0.4, -0.2) is 16.0 Å². The van der Waals surface area contributed by atoms with E-state index in [4.69, 9.17) is 17.0 Å². The van der Waals surface area contributed by atoms with Crippen LogP contribution in [0.3, 0.4) is 0 Å². The quantitative estimate of drug-likeness (QED) is 0.307. The summed E-state index contributed by atoms with van der Waals surface area (Å²) in [5.74, 6) is 0.887. The van der Waals surface area contributed by atoms with Crippen LogP contribution in [-0.2, 0) is 11.4 Å². The molecular formula is C29H24N4O2S. The normalized spacial score (nSPS) is 15.0. The van der Waals surface area contributed by atoms with Crippen LogP contribution >= 0.6 is 12.2 Å². The van der Waals surface area contributed by atoms with Crippen molar-refractivity contribution in [1.82, 2.24) is 15.6 Å². The lowest BCUT2D eigenvalue weighted by atomic mass is 9.92. The van der Waals surface area contributed by atoms with Gasteiger partial charge in [0.15, 0.2) is 5.11 Å². The van der Waals surface area contributed by atoms with Crippen LogP contribution in [0.5, 0.6) is 5.75 Å². The first-order valence-electron chi connectivity index (χ1n) is 11.5. The van der Waals surface area contributed by atoms with E-state index in [1.54, 1.807) is 18.3 Å². The van der Waals surface area contributed by atoms with Gasteiger partial charge in [0.2, 0.25) is 0 Å². The van der Waals surface area contributed by atoms with Gasteiger partial charge in [-0.3, -0.25) is 4.79 Å². The fourth-order valence-electron chi connectivity index (χ4n) is 4.04. The van der Waals surface area contributed by atoms with Crippen molar-refractivity contribution in [2.45, 2.75) is 12.6 Å². The van der Waals surface area contributed by atoms with E-state index in [1.807, 2.05) is 91.0 Å². The SMILES string of the molecule is O=C(Nc1ccccn1)C1=C(c2ccccc2)NC(=S)NC1c1cccc(OCc2ccccc2)c1. The van der Waals surface area contributed by atoms with E-state index in [1.165, 1.54) is 0 Å². The van der Waals surface area contributed by atoms with E-state index in [9.17, 15) is 4.79 Å². The molecule has 0 saturated carbocycles. The molecule has 1 unspecified atom stereocenters. The first-order chi connectivity index (χ1) is 17.7. The van der Waals surface area contributed by atoms with Gasteiger partial charge in [0.25, 0.3) is 5.91 Å². The number of carbonyl (C=O) groups is 1. The lowest BCUT2D eigenvalue weighted by Crippen LogP contribution is -2.45. The molecule has 6 nitrogen and oxygen atoms in total. The predicted molar refractivity (Wildman–Crippen MR) is 145 cm³/mol. The molecule has 0 bridgehead atoms. The highest BCUT2D eigenvalue weighted by Crippen LogP contribution is 2.33. The molecule has 1 amide bonds. The standard InChI is InChI=1S/C29H24N4O2S/c34-28(31-24-16-7-8-17-30-24)25-26(21-12-5-2-6-13-21)32-29(36)33-27(25)22-14-9-15-23(18-22)35-19-20-10-3-1-4-11-20/h1-18,27H,19H2,(H,30,31,34)(H2,32,33,36). The minimum absolute atomic E-state index is 0.282. The Labute approximate surface area is 215 Å². The summed E-state index contributed by atoms with van der Waals surface area (Å²) in [7, 11) is 0. The summed E-state index contributed by atoms with van der Waals surface area (Å²) >= 11 is 5.55. The van der Waals surface area contributed by atoms with Crippen molar-refractivity contribution in [3.63, 3.8) is 0 Å². The van der Waals surface area contributed by atoms with Crippen molar-refractivity contribution >= 4 is 34.8 Å². The number of pyridine rings is 1. The summed E-state index contributed by atoms with van der Waals surface area (Å²) in [6, 6.07) is 32.2. The summed E-state index contributed by atoms with van der Waals surface area (Å²) < 4.78 is 6.05. The Balaban J connectivity index is 1.52. The first kappa shape index (κ1) is 23.3. The number of nitrogens with zero attached hydrogens (tertiary/aromatic N) is 1. The molecular weight excluding hydrogens is 468 g/mol. The maximum atomic E-state index is 13.7. The maximum absolute atomic E-state index is 13.7. The van der Waals surface area contributed by atoms with Crippen molar-refractivity contribution < 1.29 is 9.53 Å². The molecule has 1 aliphatic rings. The second-order valence-corrected chi connectivity index (χ2v) is 8.61. The summed E-state index contributed by atoms with van der Waals surface area (Å²) in [5, 5.41) is 9.83. The number of benzene rings is 3. The van der Waals surface area contributed by atoms with Gasteiger partial charge in [0, 0.05) is 6.20 Å². The molecule has 4 aromatic rings. The average Bonchev–Trinajstić information content (AvgIpc) is 2.93. The number of anilines is 1. The third-order valence-electron chi connectivity index (χ3n) is 5.73. The second-order valence-electron chi connectivity index (χ2n) is 8.20. The molecule has 7 heteroatoms. The number of rotatable bonds is 7. The second kappa shape index (κ2) is 10.8. The maximum Gasteiger partial charge on any atom is 0.257 e. The van der Waals surface area contributed by atoms with Crippen molar-refractivity contribution in [2.24, 2.45) is 0 Å². The number of aromatic nitrogens is 1. The summed E-state index contributed by atoms with van der Waals surface area (Å²) in [6.45, 7) is 0.445. The number of hydrogen-bond acceptors (Lipinski definition) is 4. The Bertz CT molecular complexity index is 1390. The molecule has 178 valence electrons. The number of amides is 1. The Morgan fingerprint density at radius 3 is 2.42 bits per heavy atom. The molecule has 1 aromatic heterocycles. The molecule has 5 rings (SSSR count). The van der Waals surface area contributed by atoms with E-state index >= 15 is 0 Å². The zero-order chi connectivity index (χ0) is 24.7. The third-order valence-corrected chi connectivity index (χ3v) is 5.95. The van der Waals surface area contributed by atoms with Gasteiger partial charge in [-0.1, -0.05) is 78.9 Å². The number of carbonyl (C=O) groups excluding carboxylic acids is 1.